The second-order valence-electron chi connectivity index (χ2n) is 7.48. The monoisotopic (exact) mass is 368 g/mol. The summed E-state index contributed by atoms with van der Waals surface area (Å²) in [7, 11) is 0. The zero-order valence-electron chi connectivity index (χ0n) is 15.5. The van der Waals surface area contributed by atoms with Crippen LogP contribution in [0.25, 0.3) is 5.69 Å². The van der Waals surface area contributed by atoms with E-state index in [2.05, 4.69) is 32.3 Å². The summed E-state index contributed by atoms with van der Waals surface area (Å²) in [5, 5.41) is 11.4. The van der Waals surface area contributed by atoms with Gasteiger partial charge in [0.05, 0.1) is 18.8 Å². The number of nitrogens with one attached hydrogen (secondary N) is 1. The number of fused-ring (bicyclic) bond motifs is 3. The Morgan fingerprint density at radius 2 is 2.15 bits per heavy atom. The van der Waals surface area contributed by atoms with Gasteiger partial charge in [0.1, 0.15) is 12.0 Å². The fourth-order valence-electron chi connectivity index (χ4n) is 4.60. The lowest BCUT2D eigenvalue weighted by Crippen LogP contribution is -2.48. The van der Waals surface area contributed by atoms with Crippen molar-refractivity contribution in [3.05, 3.63) is 18.3 Å². The second-order valence-corrected chi connectivity index (χ2v) is 7.48. The van der Waals surface area contributed by atoms with Gasteiger partial charge in [0.15, 0.2) is 11.6 Å². The summed E-state index contributed by atoms with van der Waals surface area (Å²) in [6, 6.07) is 0.627. The highest BCUT2D eigenvalue weighted by Crippen LogP contribution is 2.42. The highest BCUT2D eigenvalue weighted by molar-refractivity contribution is 5.82. The van der Waals surface area contributed by atoms with Gasteiger partial charge in [-0.25, -0.2) is 4.98 Å². The number of piperazine rings is 1. The minimum absolute atomic E-state index is 0.0164. The van der Waals surface area contributed by atoms with Gasteiger partial charge in [0.25, 0.3) is 0 Å². The third kappa shape index (κ3) is 2.64. The first-order valence-corrected chi connectivity index (χ1v) is 9.83. The average molecular weight is 368 g/mol. The number of hydrogen-bond donors (Lipinski definition) is 1. The van der Waals surface area contributed by atoms with E-state index in [1.54, 1.807) is 6.33 Å². The smallest absolute Gasteiger partial charge is 0.239 e. The maximum absolute atomic E-state index is 11.8. The van der Waals surface area contributed by atoms with E-state index in [4.69, 9.17) is 4.98 Å². The molecule has 2 aliphatic heterocycles. The topological polar surface area (TPSA) is 92.1 Å². The molecular formula is C18H24N8O. The van der Waals surface area contributed by atoms with Crippen LogP contribution in [0, 0.1) is 0 Å². The molecule has 1 aliphatic carbocycles. The molecule has 1 atom stereocenters. The third-order valence-corrected chi connectivity index (χ3v) is 5.88. The number of aromatic nitrogens is 5. The molecule has 1 N–H and O–H groups in total. The van der Waals surface area contributed by atoms with Gasteiger partial charge in [0.2, 0.25) is 11.9 Å². The van der Waals surface area contributed by atoms with Gasteiger partial charge in [-0.05, 0) is 19.3 Å². The van der Waals surface area contributed by atoms with E-state index in [1.165, 1.54) is 25.7 Å². The molecule has 2 aromatic heterocycles. The lowest BCUT2D eigenvalue weighted by molar-refractivity contribution is -0.120. The molecule has 0 bridgehead atoms. The van der Waals surface area contributed by atoms with Crippen LogP contribution in [0.4, 0.5) is 11.8 Å². The van der Waals surface area contributed by atoms with E-state index in [9.17, 15) is 4.79 Å². The molecule has 27 heavy (non-hydrogen) atoms. The second kappa shape index (κ2) is 6.47. The summed E-state index contributed by atoms with van der Waals surface area (Å²) in [5.74, 6) is 2.54. The van der Waals surface area contributed by atoms with Gasteiger partial charge in [-0.2, -0.15) is 4.98 Å². The third-order valence-electron chi connectivity index (χ3n) is 5.88. The van der Waals surface area contributed by atoms with Crippen molar-refractivity contribution in [2.75, 3.05) is 29.4 Å². The van der Waals surface area contributed by atoms with Gasteiger partial charge >= 0.3 is 0 Å². The Hall–Kier alpha value is -2.71. The first-order chi connectivity index (χ1) is 13.3. The lowest BCUT2D eigenvalue weighted by atomic mass is 10.0. The largest absolute Gasteiger partial charge is 0.353 e. The molecular weight excluding hydrogens is 344 g/mol. The molecule has 5 rings (SSSR count). The number of carbonyl (C=O) groups excluding carboxylic acids is 1. The molecule has 0 radical (unpaired) electrons. The highest BCUT2D eigenvalue weighted by Gasteiger charge is 2.38. The summed E-state index contributed by atoms with van der Waals surface area (Å²) >= 11 is 0. The molecule has 0 unspecified atom stereocenters. The molecule has 1 saturated carbocycles. The van der Waals surface area contributed by atoms with Crippen molar-refractivity contribution in [1.29, 1.82) is 0 Å². The predicted octanol–water partition coefficient (Wildman–Crippen LogP) is 1.21. The minimum Gasteiger partial charge on any atom is -0.353 e. The van der Waals surface area contributed by atoms with Crippen molar-refractivity contribution in [3.63, 3.8) is 0 Å². The maximum Gasteiger partial charge on any atom is 0.239 e. The Morgan fingerprint density at radius 3 is 2.93 bits per heavy atom. The van der Waals surface area contributed by atoms with Crippen LogP contribution in [-0.2, 0) is 4.79 Å². The quantitative estimate of drug-likeness (QED) is 0.870. The van der Waals surface area contributed by atoms with E-state index in [0.717, 1.165) is 30.3 Å². The van der Waals surface area contributed by atoms with Crippen molar-refractivity contribution >= 4 is 17.7 Å². The molecule has 2 aromatic rings. The maximum atomic E-state index is 11.8. The van der Waals surface area contributed by atoms with Crippen molar-refractivity contribution in [1.82, 2.24) is 30.0 Å². The first-order valence-electron chi connectivity index (χ1n) is 9.83. The van der Waals surface area contributed by atoms with Crippen molar-refractivity contribution < 1.29 is 4.79 Å². The van der Waals surface area contributed by atoms with Crippen LogP contribution in [0.5, 0.6) is 0 Å². The van der Waals surface area contributed by atoms with Crippen molar-refractivity contribution in [2.45, 2.75) is 51.1 Å². The standard InChI is InChI=1S/C18H24N8O/c1-2-13-17-23-21-11-25(17)14-9-20-18(24-8-7-19-15(27)10-24)22-16(14)26(13)12-5-3-4-6-12/h9,11-13H,2-8,10H2,1H3,(H,19,27)/t13-/m1/s1. The van der Waals surface area contributed by atoms with Gasteiger partial charge < -0.3 is 15.1 Å². The summed E-state index contributed by atoms with van der Waals surface area (Å²) < 4.78 is 2.02. The van der Waals surface area contributed by atoms with E-state index < -0.39 is 0 Å². The summed E-state index contributed by atoms with van der Waals surface area (Å²) in [6.07, 6.45) is 9.41. The van der Waals surface area contributed by atoms with Crippen molar-refractivity contribution in [3.8, 4) is 5.69 Å². The number of carbonyl (C=O) groups is 1. The molecule has 1 amide bonds. The Bertz CT molecular complexity index is 859. The molecule has 2 fully saturated rings. The van der Waals surface area contributed by atoms with Crippen LogP contribution in [0.1, 0.15) is 50.9 Å². The van der Waals surface area contributed by atoms with Crippen LogP contribution in [0.2, 0.25) is 0 Å². The van der Waals surface area contributed by atoms with Gasteiger partial charge in [0, 0.05) is 19.1 Å². The molecule has 9 heteroatoms. The summed E-state index contributed by atoms with van der Waals surface area (Å²) in [4.78, 5) is 25.7. The van der Waals surface area contributed by atoms with Crippen LogP contribution in [-0.4, -0.2) is 56.3 Å². The molecule has 4 heterocycles. The van der Waals surface area contributed by atoms with Gasteiger partial charge in [-0.15, -0.1) is 10.2 Å². The van der Waals surface area contributed by atoms with E-state index in [0.29, 0.717) is 25.1 Å². The van der Waals surface area contributed by atoms with E-state index in [1.807, 2.05) is 15.7 Å². The van der Waals surface area contributed by atoms with Crippen LogP contribution >= 0.6 is 0 Å². The average Bonchev–Trinajstić information content (AvgIpc) is 3.38. The van der Waals surface area contributed by atoms with Crippen molar-refractivity contribution in [2.24, 2.45) is 0 Å². The fraction of sp³-hybridized carbons (Fsp3) is 0.611. The number of hydrogen-bond acceptors (Lipinski definition) is 7. The first kappa shape index (κ1) is 16.5. The lowest BCUT2D eigenvalue weighted by Gasteiger charge is -2.41. The zero-order valence-corrected chi connectivity index (χ0v) is 15.5. The van der Waals surface area contributed by atoms with E-state index in [-0.39, 0.29) is 11.9 Å². The number of amides is 1. The normalized spacial score (nSPS) is 22.6. The van der Waals surface area contributed by atoms with Crippen LogP contribution in [0.3, 0.4) is 0 Å². The zero-order chi connectivity index (χ0) is 18.4. The Kier molecular flexibility index (Phi) is 3.95. The van der Waals surface area contributed by atoms with Crippen LogP contribution < -0.4 is 15.1 Å². The fourth-order valence-corrected chi connectivity index (χ4v) is 4.60. The van der Waals surface area contributed by atoms with Gasteiger partial charge in [-0.3, -0.25) is 9.36 Å². The molecule has 9 nitrogen and oxygen atoms in total. The summed E-state index contributed by atoms with van der Waals surface area (Å²) in [5.41, 5.74) is 0.928. The Morgan fingerprint density at radius 1 is 1.30 bits per heavy atom. The Labute approximate surface area is 157 Å². The predicted molar refractivity (Wildman–Crippen MR) is 99.9 cm³/mol. The molecule has 142 valence electrons. The number of rotatable bonds is 3. The SMILES string of the molecule is CC[C@@H]1c2nncn2-c2cnc(N3CCNC(=O)C3)nc2N1C1CCCC1. The molecule has 0 spiro atoms. The highest BCUT2D eigenvalue weighted by atomic mass is 16.2. The molecule has 1 saturated heterocycles. The summed E-state index contributed by atoms with van der Waals surface area (Å²) in [6.45, 7) is 3.84. The molecule has 0 aromatic carbocycles. The van der Waals surface area contributed by atoms with Gasteiger partial charge in [-0.1, -0.05) is 19.8 Å². The molecule has 3 aliphatic rings. The number of anilines is 2. The minimum atomic E-state index is 0.0164. The Balaban J connectivity index is 1.61. The number of nitrogens with zero attached hydrogens (tertiary/aromatic N) is 7. The van der Waals surface area contributed by atoms with Crippen LogP contribution in [0.15, 0.2) is 12.5 Å². The van der Waals surface area contributed by atoms with E-state index >= 15 is 0 Å².